The van der Waals surface area contributed by atoms with Crippen molar-refractivity contribution in [3.63, 3.8) is 0 Å². The van der Waals surface area contributed by atoms with Gasteiger partial charge in [0.25, 0.3) is 11.4 Å². The van der Waals surface area contributed by atoms with Gasteiger partial charge in [0.15, 0.2) is 0 Å². The number of allylic oxidation sites excluding steroid dienone is 8. The molecule has 0 N–H and O–H groups in total. The Kier molecular flexibility index (Phi) is 7.83. The summed E-state index contributed by atoms with van der Waals surface area (Å²) in [5.74, 6) is 0. The van der Waals surface area contributed by atoms with Gasteiger partial charge in [-0.3, -0.25) is 20.2 Å². The van der Waals surface area contributed by atoms with Crippen LogP contribution in [0.1, 0.15) is 11.1 Å². The SMILES string of the molecule is O=[N+]([O-])c1ccc(/C=C/C=C/C=C/C=C/C=C/c2ccc([N+](=O)[O-])cc2)cc1. The summed E-state index contributed by atoms with van der Waals surface area (Å²) in [6, 6.07) is 12.7. The first-order valence-corrected chi connectivity index (χ1v) is 8.40. The van der Waals surface area contributed by atoms with Crippen LogP contribution in [0.2, 0.25) is 0 Å². The van der Waals surface area contributed by atoms with Crippen molar-refractivity contribution in [3.8, 4) is 0 Å². The van der Waals surface area contributed by atoms with Crippen LogP contribution in [0.15, 0.2) is 97.1 Å². The number of non-ortho nitro benzene ring substituents is 2. The van der Waals surface area contributed by atoms with Crippen molar-refractivity contribution in [2.45, 2.75) is 0 Å². The molecular formula is C22H18N2O4. The summed E-state index contributed by atoms with van der Waals surface area (Å²) in [4.78, 5) is 20.3. The molecule has 0 saturated heterocycles. The fourth-order valence-corrected chi connectivity index (χ4v) is 2.13. The van der Waals surface area contributed by atoms with Gasteiger partial charge in [-0.1, -0.05) is 60.8 Å². The third-order valence-electron chi connectivity index (χ3n) is 3.56. The van der Waals surface area contributed by atoms with Crippen LogP contribution in [-0.2, 0) is 0 Å². The lowest BCUT2D eigenvalue weighted by Crippen LogP contribution is -1.86. The molecule has 0 unspecified atom stereocenters. The smallest absolute Gasteiger partial charge is 0.258 e. The van der Waals surface area contributed by atoms with Crippen molar-refractivity contribution in [1.82, 2.24) is 0 Å². The summed E-state index contributed by atoms with van der Waals surface area (Å²) < 4.78 is 0. The van der Waals surface area contributed by atoms with Gasteiger partial charge < -0.3 is 0 Å². The molecule has 0 fully saturated rings. The number of benzene rings is 2. The summed E-state index contributed by atoms with van der Waals surface area (Å²) in [5, 5.41) is 21.2. The highest BCUT2D eigenvalue weighted by molar-refractivity contribution is 5.54. The van der Waals surface area contributed by atoms with Crippen molar-refractivity contribution in [2.24, 2.45) is 0 Å². The molecule has 28 heavy (non-hydrogen) atoms. The van der Waals surface area contributed by atoms with E-state index in [1.54, 1.807) is 24.3 Å². The van der Waals surface area contributed by atoms with Crippen LogP contribution in [0, 0.1) is 20.2 Å². The van der Waals surface area contributed by atoms with Gasteiger partial charge in [0, 0.05) is 24.3 Å². The summed E-state index contributed by atoms with van der Waals surface area (Å²) in [6.07, 6.45) is 18.6. The Labute approximate surface area is 162 Å². The van der Waals surface area contributed by atoms with E-state index in [1.807, 2.05) is 60.8 Å². The number of rotatable bonds is 8. The molecule has 6 nitrogen and oxygen atoms in total. The van der Waals surface area contributed by atoms with Crippen molar-refractivity contribution >= 4 is 23.5 Å². The van der Waals surface area contributed by atoms with E-state index in [0.29, 0.717) is 0 Å². The van der Waals surface area contributed by atoms with E-state index >= 15 is 0 Å². The van der Waals surface area contributed by atoms with E-state index in [-0.39, 0.29) is 11.4 Å². The maximum atomic E-state index is 10.6. The molecule has 0 amide bonds. The molecule has 0 aliphatic rings. The van der Waals surface area contributed by atoms with E-state index in [1.165, 1.54) is 24.3 Å². The second-order valence-corrected chi connectivity index (χ2v) is 5.57. The quantitative estimate of drug-likeness (QED) is 0.327. The molecule has 0 aliphatic carbocycles. The molecule has 0 bridgehead atoms. The normalized spacial score (nSPS) is 12.1. The second kappa shape index (κ2) is 10.8. The highest BCUT2D eigenvalue weighted by atomic mass is 16.6. The molecular weight excluding hydrogens is 356 g/mol. The molecule has 0 radical (unpaired) electrons. The van der Waals surface area contributed by atoms with Crippen molar-refractivity contribution in [1.29, 1.82) is 0 Å². The van der Waals surface area contributed by atoms with Crippen molar-refractivity contribution < 1.29 is 9.85 Å². The van der Waals surface area contributed by atoms with Gasteiger partial charge in [0.2, 0.25) is 0 Å². The van der Waals surface area contributed by atoms with Gasteiger partial charge in [-0.2, -0.15) is 0 Å². The second-order valence-electron chi connectivity index (χ2n) is 5.57. The molecule has 2 aromatic carbocycles. The number of nitro benzene ring substituents is 2. The minimum Gasteiger partial charge on any atom is -0.258 e. The summed E-state index contributed by atoms with van der Waals surface area (Å²) in [6.45, 7) is 0. The van der Waals surface area contributed by atoms with Crippen LogP contribution in [0.3, 0.4) is 0 Å². The Balaban J connectivity index is 1.76. The van der Waals surface area contributed by atoms with Gasteiger partial charge in [0.05, 0.1) is 9.85 Å². The third kappa shape index (κ3) is 7.05. The Hall–Kier alpha value is -4.06. The topological polar surface area (TPSA) is 86.3 Å². The van der Waals surface area contributed by atoms with E-state index in [2.05, 4.69) is 0 Å². The molecule has 2 rings (SSSR count). The molecule has 6 heteroatoms. The fourth-order valence-electron chi connectivity index (χ4n) is 2.13. The number of nitrogens with zero attached hydrogens (tertiary/aromatic N) is 2. The standard InChI is InChI=1S/C22H18N2O4/c25-23(26)21-15-11-19(12-16-21)9-7-5-3-1-2-4-6-8-10-20-13-17-22(18-14-20)24(27)28/h1-18H/b2-1+,5-3+,6-4+,9-7+,10-8+. The minimum absolute atomic E-state index is 0.0741. The Morgan fingerprint density at radius 1 is 0.500 bits per heavy atom. The molecule has 0 aliphatic heterocycles. The third-order valence-corrected chi connectivity index (χ3v) is 3.56. The number of nitro groups is 2. The van der Waals surface area contributed by atoms with Gasteiger partial charge in [-0.15, -0.1) is 0 Å². The zero-order valence-electron chi connectivity index (χ0n) is 14.9. The summed E-state index contributed by atoms with van der Waals surface area (Å²) in [5.41, 5.74) is 1.92. The highest BCUT2D eigenvalue weighted by Gasteiger charge is 2.02. The first-order valence-electron chi connectivity index (χ1n) is 8.40. The molecule has 2 aromatic rings. The van der Waals surface area contributed by atoms with Crippen molar-refractivity contribution in [2.75, 3.05) is 0 Å². The van der Waals surface area contributed by atoms with E-state index in [9.17, 15) is 20.2 Å². The average molecular weight is 374 g/mol. The largest absolute Gasteiger partial charge is 0.269 e. The Morgan fingerprint density at radius 2 is 0.786 bits per heavy atom. The molecule has 0 atom stereocenters. The maximum absolute atomic E-state index is 10.6. The van der Waals surface area contributed by atoms with Gasteiger partial charge in [0.1, 0.15) is 0 Å². The highest BCUT2D eigenvalue weighted by Crippen LogP contribution is 2.13. The van der Waals surface area contributed by atoms with Gasteiger partial charge in [-0.25, -0.2) is 0 Å². The lowest BCUT2D eigenvalue weighted by molar-refractivity contribution is -0.385. The molecule has 0 spiro atoms. The van der Waals surface area contributed by atoms with E-state index in [0.717, 1.165) is 11.1 Å². The molecule has 140 valence electrons. The monoisotopic (exact) mass is 374 g/mol. The molecule has 0 heterocycles. The van der Waals surface area contributed by atoms with Crippen LogP contribution in [0.25, 0.3) is 12.2 Å². The molecule has 0 saturated carbocycles. The molecule has 0 aromatic heterocycles. The Morgan fingerprint density at radius 3 is 1.07 bits per heavy atom. The lowest BCUT2D eigenvalue weighted by atomic mass is 10.2. The summed E-state index contributed by atoms with van der Waals surface area (Å²) in [7, 11) is 0. The van der Waals surface area contributed by atoms with Gasteiger partial charge >= 0.3 is 0 Å². The number of hydrogen-bond acceptors (Lipinski definition) is 4. The minimum atomic E-state index is -0.424. The van der Waals surface area contributed by atoms with Crippen LogP contribution >= 0.6 is 0 Å². The zero-order chi connectivity index (χ0) is 20.2. The number of hydrogen-bond donors (Lipinski definition) is 0. The van der Waals surface area contributed by atoms with Crippen molar-refractivity contribution in [3.05, 3.63) is 128 Å². The predicted molar refractivity (Wildman–Crippen MR) is 112 cm³/mol. The van der Waals surface area contributed by atoms with Crippen LogP contribution in [0.5, 0.6) is 0 Å². The van der Waals surface area contributed by atoms with Crippen LogP contribution in [-0.4, -0.2) is 9.85 Å². The lowest BCUT2D eigenvalue weighted by Gasteiger charge is -1.92. The van der Waals surface area contributed by atoms with Gasteiger partial charge in [-0.05, 0) is 35.4 Å². The first-order chi connectivity index (χ1) is 13.6. The predicted octanol–water partition coefficient (Wildman–Crippen LogP) is 5.90. The van der Waals surface area contributed by atoms with E-state index in [4.69, 9.17) is 0 Å². The zero-order valence-corrected chi connectivity index (χ0v) is 14.9. The fraction of sp³-hybridized carbons (Fsp3) is 0. The summed E-state index contributed by atoms with van der Waals surface area (Å²) >= 11 is 0. The first kappa shape index (κ1) is 20.3. The average Bonchev–Trinajstić information content (AvgIpc) is 2.70. The van der Waals surface area contributed by atoms with Crippen LogP contribution < -0.4 is 0 Å². The maximum Gasteiger partial charge on any atom is 0.269 e. The van der Waals surface area contributed by atoms with Crippen LogP contribution in [0.4, 0.5) is 11.4 Å². The Bertz CT molecular complexity index is 872. The van der Waals surface area contributed by atoms with E-state index < -0.39 is 9.85 Å².